The van der Waals surface area contributed by atoms with Crippen LogP contribution in [-0.2, 0) is 6.42 Å². The van der Waals surface area contributed by atoms with E-state index in [0.717, 1.165) is 11.6 Å². The average Bonchev–Trinajstić information content (AvgIpc) is 3.20. The Morgan fingerprint density at radius 2 is 2.09 bits per heavy atom. The van der Waals surface area contributed by atoms with Crippen LogP contribution in [0.1, 0.15) is 27.3 Å². The minimum Gasteiger partial charge on any atom is -0.507 e. The van der Waals surface area contributed by atoms with Crippen molar-refractivity contribution < 1.29 is 18.7 Å². The molecule has 0 saturated heterocycles. The molecule has 0 atom stereocenters. The van der Waals surface area contributed by atoms with Crippen molar-refractivity contribution in [1.29, 1.82) is 0 Å². The number of aromatic amines is 1. The number of H-pyrrole nitrogens is 1. The molecule has 1 aromatic carbocycles. The van der Waals surface area contributed by atoms with Crippen molar-refractivity contribution in [2.75, 3.05) is 0 Å². The Balaban J connectivity index is 1.82. The van der Waals surface area contributed by atoms with Crippen LogP contribution in [0, 0.1) is 5.82 Å². The molecule has 0 aliphatic rings. The molecule has 0 aliphatic carbocycles. The van der Waals surface area contributed by atoms with Gasteiger partial charge in [-0.3, -0.25) is 9.89 Å². The van der Waals surface area contributed by atoms with Gasteiger partial charge in [0.15, 0.2) is 5.82 Å². The smallest absolute Gasteiger partial charge is 0.226 e. The van der Waals surface area contributed by atoms with Crippen LogP contribution in [0.15, 0.2) is 53.6 Å². The van der Waals surface area contributed by atoms with E-state index >= 15 is 0 Å². The maximum atomic E-state index is 12.9. The summed E-state index contributed by atoms with van der Waals surface area (Å²) in [5.74, 6) is -1.03. The minimum absolute atomic E-state index is 0.0279. The number of nitrogens with one attached hydrogen (secondary N) is 1. The zero-order valence-corrected chi connectivity index (χ0v) is 11.9. The Morgan fingerprint density at radius 1 is 1.30 bits per heavy atom. The Hall–Kier alpha value is -3.22. The normalized spacial score (nSPS) is 11.6. The molecule has 23 heavy (non-hydrogen) atoms. The number of benzene rings is 1. The van der Waals surface area contributed by atoms with E-state index in [1.807, 2.05) is 0 Å². The molecule has 0 unspecified atom stereocenters. The third-order valence-electron chi connectivity index (χ3n) is 3.24. The van der Waals surface area contributed by atoms with E-state index in [4.69, 9.17) is 4.42 Å². The van der Waals surface area contributed by atoms with Crippen LogP contribution in [-0.4, -0.2) is 26.1 Å². The lowest BCUT2D eigenvalue weighted by Crippen LogP contribution is -2.00. The quantitative estimate of drug-likeness (QED) is 0.429. The SMILES string of the molecule is O=C(C=C(O)c1cocc1Cc1ccc(F)cc1)c1ncn[nH]1. The number of nitrogens with zero attached hydrogens (tertiary/aromatic N) is 2. The third-order valence-corrected chi connectivity index (χ3v) is 3.24. The van der Waals surface area contributed by atoms with Gasteiger partial charge in [0.25, 0.3) is 0 Å². The third kappa shape index (κ3) is 3.34. The number of furan rings is 1. The summed E-state index contributed by atoms with van der Waals surface area (Å²) in [6.07, 6.45) is 5.50. The van der Waals surface area contributed by atoms with Crippen molar-refractivity contribution in [3.05, 3.63) is 77.5 Å². The van der Waals surface area contributed by atoms with Crippen molar-refractivity contribution in [2.45, 2.75) is 6.42 Å². The largest absolute Gasteiger partial charge is 0.507 e. The number of aliphatic hydroxyl groups excluding tert-OH is 1. The van der Waals surface area contributed by atoms with Gasteiger partial charge in [-0.15, -0.1) is 0 Å². The first-order valence-electron chi connectivity index (χ1n) is 6.73. The highest BCUT2D eigenvalue weighted by Crippen LogP contribution is 2.22. The Morgan fingerprint density at radius 3 is 2.78 bits per heavy atom. The van der Waals surface area contributed by atoms with Crippen LogP contribution < -0.4 is 0 Å². The van der Waals surface area contributed by atoms with E-state index in [2.05, 4.69) is 15.2 Å². The highest BCUT2D eigenvalue weighted by atomic mass is 19.1. The number of rotatable bonds is 5. The average molecular weight is 313 g/mol. The maximum Gasteiger partial charge on any atom is 0.226 e. The first kappa shape index (κ1) is 14.7. The number of carbonyl (C=O) groups is 1. The van der Waals surface area contributed by atoms with Crippen LogP contribution >= 0.6 is 0 Å². The van der Waals surface area contributed by atoms with E-state index in [9.17, 15) is 14.3 Å². The van der Waals surface area contributed by atoms with Crippen LogP contribution in [0.25, 0.3) is 5.76 Å². The fraction of sp³-hybridized carbons (Fsp3) is 0.0625. The van der Waals surface area contributed by atoms with Crippen molar-refractivity contribution in [2.24, 2.45) is 0 Å². The van der Waals surface area contributed by atoms with Gasteiger partial charge < -0.3 is 9.52 Å². The number of hydrogen-bond donors (Lipinski definition) is 2. The van der Waals surface area contributed by atoms with E-state index < -0.39 is 5.78 Å². The lowest BCUT2D eigenvalue weighted by Gasteiger charge is -2.03. The Bertz CT molecular complexity index is 836. The van der Waals surface area contributed by atoms with E-state index in [1.165, 1.54) is 31.0 Å². The first-order valence-corrected chi connectivity index (χ1v) is 6.73. The summed E-state index contributed by atoms with van der Waals surface area (Å²) in [5.41, 5.74) is 1.92. The van der Waals surface area contributed by atoms with Crippen LogP contribution in [0.3, 0.4) is 0 Å². The molecule has 3 rings (SSSR count). The number of carbonyl (C=O) groups excluding carboxylic acids is 1. The fourth-order valence-corrected chi connectivity index (χ4v) is 2.10. The topological polar surface area (TPSA) is 92.0 Å². The maximum absolute atomic E-state index is 12.9. The van der Waals surface area contributed by atoms with Crippen LogP contribution in [0.2, 0.25) is 0 Å². The predicted molar refractivity (Wildman–Crippen MR) is 79.2 cm³/mol. The summed E-state index contributed by atoms with van der Waals surface area (Å²) in [6.45, 7) is 0. The highest BCUT2D eigenvalue weighted by molar-refractivity contribution is 6.05. The molecule has 3 aromatic rings. The van der Waals surface area contributed by atoms with Gasteiger partial charge in [-0.25, -0.2) is 9.37 Å². The molecule has 0 aliphatic heterocycles. The van der Waals surface area contributed by atoms with Crippen LogP contribution in [0.4, 0.5) is 4.39 Å². The molecule has 6 nitrogen and oxygen atoms in total. The molecule has 7 heteroatoms. The number of aliphatic hydroxyl groups is 1. The van der Waals surface area contributed by atoms with Crippen molar-refractivity contribution >= 4 is 11.5 Å². The second-order valence-corrected chi connectivity index (χ2v) is 4.84. The molecule has 0 amide bonds. The molecule has 116 valence electrons. The summed E-state index contributed by atoms with van der Waals surface area (Å²) >= 11 is 0. The molecule has 0 spiro atoms. The zero-order chi connectivity index (χ0) is 16.2. The van der Waals surface area contributed by atoms with Gasteiger partial charge >= 0.3 is 0 Å². The molecule has 2 heterocycles. The number of allylic oxidation sites excluding steroid dienone is 1. The van der Waals surface area contributed by atoms with E-state index in [0.29, 0.717) is 17.5 Å². The molecular weight excluding hydrogens is 301 g/mol. The van der Waals surface area contributed by atoms with E-state index in [-0.39, 0.29) is 17.4 Å². The van der Waals surface area contributed by atoms with Gasteiger partial charge in [-0.2, -0.15) is 5.10 Å². The standard InChI is InChI=1S/C16H12FN3O3/c17-12-3-1-10(2-4-12)5-11-7-23-8-13(11)14(21)6-15(22)16-18-9-19-20-16/h1-4,6-9,21H,5H2,(H,18,19,20). The van der Waals surface area contributed by atoms with Crippen molar-refractivity contribution in [3.63, 3.8) is 0 Å². The summed E-state index contributed by atoms with van der Waals surface area (Å²) in [4.78, 5) is 15.6. The lowest BCUT2D eigenvalue weighted by molar-refractivity contribution is 0.103. The number of aromatic nitrogens is 3. The molecule has 0 radical (unpaired) electrons. The van der Waals surface area contributed by atoms with E-state index in [1.54, 1.807) is 12.1 Å². The Kier molecular flexibility index (Phi) is 4.01. The molecule has 0 bridgehead atoms. The van der Waals surface area contributed by atoms with Gasteiger partial charge in [-0.05, 0) is 17.7 Å². The minimum atomic E-state index is -0.506. The summed E-state index contributed by atoms with van der Waals surface area (Å²) in [5, 5.41) is 16.1. The number of hydrogen-bond acceptors (Lipinski definition) is 5. The van der Waals surface area contributed by atoms with Crippen LogP contribution in [0.5, 0.6) is 0 Å². The Labute approximate surface area is 130 Å². The molecular formula is C16H12FN3O3. The zero-order valence-electron chi connectivity index (χ0n) is 11.9. The second kappa shape index (κ2) is 6.27. The molecule has 0 fully saturated rings. The summed E-state index contributed by atoms with van der Waals surface area (Å²) in [6, 6.07) is 6.01. The van der Waals surface area contributed by atoms with Gasteiger partial charge in [-0.1, -0.05) is 12.1 Å². The summed E-state index contributed by atoms with van der Waals surface area (Å²) < 4.78 is 18.0. The molecule has 0 saturated carbocycles. The molecule has 2 N–H and O–H groups in total. The highest BCUT2D eigenvalue weighted by Gasteiger charge is 2.14. The number of halogens is 1. The predicted octanol–water partition coefficient (Wildman–Crippen LogP) is 2.91. The van der Waals surface area contributed by atoms with Crippen molar-refractivity contribution in [3.8, 4) is 0 Å². The van der Waals surface area contributed by atoms with Gasteiger partial charge in [0.2, 0.25) is 5.78 Å². The fourth-order valence-electron chi connectivity index (χ4n) is 2.10. The number of ketones is 1. The van der Waals surface area contributed by atoms with Crippen molar-refractivity contribution in [1.82, 2.24) is 15.2 Å². The molecule has 2 aromatic heterocycles. The lowest BCUT2D eigenvalue weighted by atomic mass is 10.0. The summed E-state index contributed by atoms with van der Waals surface area (Å²) in [7, 11) is 0. The van der Waals surface area contributed by atoms with Gasteiger partial charge in [0.05, 0.1) is 11.8 Å². The van der Waals surface area contributed by atoms with Gasteiger partial charge in [0.1, 0.15) is 24.2 Å². The van der Waals surface area contributed by atoms with Gasteiger partial charge in [0, 0.05) is 18.1 Å². The first-order chi connectivity index (χ1) is 11.1. The monoisotopic (exact) mass is 313 g/mol. The second-order valence-electron chi connectivity index (χ2n) is 4.84.